The van der Waals surface area contributed by atoms with Crippen LogP contribution in [0.5, 0.6) is 0 Å². The Bertz CT molecular complexity index is 397. The molecule has 1 N–H and O–H groups in total. The van der Waals surface area contributed by atoms with Crippen molar-refractivity contribution in [1.29, 1.82) is 0 Å². The number of unbranched alkanes of at least 4 members (excludes halogenated alkanes) is 5. The van der Waals surface area contributed by atoms with E-state index in [0.29, 0.717) is 6.61 Å². The van der Waals surface area contributed by atoms with Crippen molar-refractivity contribution in [3.63, 3.8) is 0 Å². The van der Waals surface area contributed by atoms with Gasteiger partial charge in [-0.05, 0) is 18.8 Å². The van der Waals surface area contributed by atoms with Crippen LogP contribution in [0.4, 0.5) is 0 Å². The maximum Gasteiger partial charge on any atom is 0.314 e. The Kier molecular flexibility index (Phi) is 8.47. The molecular formula is C19H32O3. The average Bonchev–Trinajstić information content (AvgIpc) is 2.51. The van der Waals surface area contributed by atoms with Crippen molar-refractivity contribution < 1.29 is 14.6 Å². The summed E-state index contributed by atoms with van der Waals surface area (Å²) in [6, 6.07) is 0. The monoisotopic (exact) mass is 308 g/mol. The zero-order chi connectivity index (χ0) is 16.4. The number of allylic oxidation sites excluding steroid dienone is 2. The summed E-state index contributed by atoms with van der Waals surface area (Å²) in [5, 5.41) is 9.83. The molecule has 126 valence electrons. The second kappa shape index (κ2) is 9.83. The number of carbonyl (C=O) groups is 1. The zero-order valence-electron chi connectivity index (χ0n) is 14.4. The van der Waals surface area contributed by atoms with Crippen LogP contribution in [0, 0.1) is 11.3 Å². The summed E-state index contributed by atoms with van der Waals surface area (Å²) in [6.07, 6.45) is 14.6. The first-order valence-electron chi connectivity index (χ1n) is 8.69. The number of hydrogen-bond acceptors (Lipinski definition) is 2. The van der Waals surface area contributed by atoms with Crippen molar-refractivity contribution in [1.82, 2.24) is 0 Å². The highest BCUT2D eigenvalue weighted by molar-refractivity contribution is 5.78. The zero-order valence-corrected chi connectivity index (χ0v) is 14.4. The predicted molar refractivity (Wildman–Crippen MR) is 90.9 cm³/mol. The third kappa shape index (κ3) is 4.98. The van der Waals surface area contributed by atoms with Crippen LogP contribution in [0.3, 0.4) is 0 Å². The Morgan fingerprint density at radius 1 is 1.27 bits per heavy atom. The second-order valence-electron chi connectivity index (χ2n) is 6.43. The van der Waals surface area contributed by atoms with Gasteiger partial charge in [-0.15, -0.1) is 0 Å². The summed E-state index contributed by atoms with van der Waals surface area (Å²) in [5.74, 6) is -0.645. The van der Waals surface area contributed by atoms with Crippen molar-refractivity contribution in [2.45, 2.75) is 65.2 Å². The maximum absolute atomic E-state index is 12.0. The van der Waals surface area contributed by atoms with E-state index in [2.05, 4.69) is 19.9 Å². The number of ether oxygens (including phenoxy) is 1. The van der Waals surface area contributed by atoms with Crippen molar-refractivity contribution in [3.8, 4) is 0 Å². The number of carboxylic acid groups (broad SMARTS) is 1. The molecule has 0 fully saturated rings. The Hall–Kier alpha value is -1.09. The normalized spacial score (nSPS) is 24.3. The quantitative estimate of drug-likeness (QED) is 0.548. The van der Waals surface area contributed by atoms with Gasteiger partial charge in [-0.3, -0.25) is 4.79 Å². The van der Waals surface area contributed by atoms with E-state index in [9.17, 15) is 9.90 Å². The average molecular weight is 308 g/mol. The minimum atomic E-state index is -0.734. The second-order valence-corrected chi connectivity index (χ2v) is 6.43. The van der Waals surface area contributed by atoms with Gasteiger partial charge in [0.05, 0.1) is 5.41 Å². The number of carboxylic acids is 1. The molecule has 1 aliphatic rings. The van der Waals surface area contributed by atoms with Crippen LogP contribution in [0.15, 0.2) is 23.8 Å². The minimum Gasteiger partial charge on any atom is -0.481 e. The van der Waals surface area contributed by atoms with Crippen molar-refractivity contribution >= 4 is 5.97 Å². The first kappa shape index (κ1) is 19.0. The van der Waals surface area contributed by atoms with E-state index in [1.54, 1.807) is 7.11 Å². The van der Waals surface area contributed by atoms with Crippen LogP contribution >= 0.6 is 0 Å². The molecule has 3 heteroatoms. The Labute approximate surface area is 135 Å². The van der Waals surface area contributed by atoms with Gasteiger partial charge in [0.2, 0.25) is 0 Å². The topological polar surface area (TPSA) is 46.5 Å². The standard InChI is InChI=1S/C19H32O3/c1-4-5-6-7-8-9-13-19(18(20)21)14-10-11-17(16(19)2)12-15-22-3/h10-11,14,16H,4-9,12-13,15H2,1-3H3,(H,20,21). The molecule has 2 unspecified atom stereocenters. The third-order valence-electron chi connectivity index (χ3n) is 4.97. The van der Waals surface area contributed by atoms with E-state index in [1.165, 1.54) is 31.3 Å². The molecule has 2 atom stereocenters. The molecule has 1 rings (SSSR count). The lowest BCUT2D eigenvalue weighted by Crippen LogP contribution is -2.38. The molecule has 0 bridgehead atoms. The molecule has 0 aromatic rings. The lowest BCUT2D eigenvalue weighted by molar-refractivity contribution is -0.148. The van der Waals surface area contributed by atoms with Gasteiger partial charge in [0.1, 0.15) is 0 Å². The van der Waals surface area contributed by atoms with Crippen LogP contribution in [-0.2, 0) is 9.53 Å². The van der Waals surface area contributed by atoms with E-state index in [0.717, 1.165) is 25.7 Å². The van der Waals surface area contributed by atoms with Crippen LogP contribution in [0.25, 0.3) is 0 Å². The fourth-order valence-corrected chi connectivity index (χ4v) is 3.34. The first-order valence-corrected chi connectivity index (χ1v) is 8.69. The molecule has 3 nitrogen and oxygen atoms in total. The highest BCUT2D eigenvalue weighted by atomic mass is 16.5. The maximum atomic E-state index is 12.0. The van der Waals surface area contributed by atoms with Gasteiger partial charge in [0, 0.05) is 13.7 Å². The van der Waals surface area contributed by atoms with Gasteiger partial charge in [-0.2, -0.15) is 0 Å². The molecule has 0 aromatic heterocycles. The molecule has 0 aromatic carbocycles. The van der Waals surface area contributed by atoms with E-state index < -0.39 is 11.4 Å². The van der Waals surface area contributed by atoms with E-state index >= 15 is 0 Å². The molecule has 1 aliphatic carbocycles. The van der Waals surface area contributed by atoms with Crippen molar-refractivity contribution in [2.24, 2.45) is 11.3 Å². The van der Waals surface area contributed by atoms with E-state index in [1.807, 2.05) is 12.2 Å². The smallest absolute Gasteiger partial charge is 0.314 e. The summed E-state index contributed by atoms with van der Waals surface area (Å²) in [4.78, 5) is 12.0. The van der Waals surface area contributed by atoms with Gasteiger partial charge in [0.15, 0.2) is 0 Å². The van der Waals surface area contributed by atoms with Gasteiger partial charge < -0.3 is 9.84 Å². The third-order valence-corrected chi connectivity index (χ3v) is 4.97. The highest BCUT2D eigenvalue weighted by Gasteiger charge is 2.43. The summed E-state index contributed by atoms with van der Waals surface area (Å²) in [5.41, 5.74) is 0.459. The van der Waals surface area contributed by atoms with Gasteiger partial charge in [-0.1, -0.05) is 76.2 Å². The summed E-state index contributed by atoms with van der Waals surface area (Å²) >= 11 is 0. The molecule has 0 heterocycles. The minimum absolute atomic E-state index is 0.0424. The van der Waals surface area contributed by atoms with Crippen LogP contribution < -0.4 is 0 Å². The molecule has 22 heavy (non-hydrogen) atoms. The first-order chi connectivity index (χ1) is 10.6. The Morgan fingerprint density at radius 2 is 1.95 bits per heavy atom. The summed E-state index contributed by atoms with van der Waals surface area (Å²) in [7, 11) is 1.69. The summed E-state index contributed by atoms with van der Waals surface area (Å²) < 4.78 is 5.15. The molecule has 0 amide bonds. The molecular weight excluding hydrogens is 276 g/mol. The lowest BCUT2D eigenvalue weighted by Gasteiger charge is -2.36. The van der Waals surface area contributed by atoms with Crippen LogP contribution in [0.1, 0.15) is 65.2 Å². The SMILES string of the molecule is CCCCCCCCC1(C(=O)O)C=CC=C(CCOC)C1C. The number of rotatable bonds is 11. The van der Waals surface area contributed by atoms with Crippen LogP contribution in [-0.4, -0.2) is 24.8 Å². The largest absolute Gasteiger partial charge is 0.481 e. The summed E-state index contributed by atoms with van der Waals surface area (Å²) in [6.45, 7) is 4.91. The van der Waals surface area contributed by atoms with Crippen molar-refractivity contribution in [2.75, 3.05) is 13.7 Å². The molecule has 0 aliphatic heterocycles. The van der Waals surface area contributed by atoms with Gasteiger partial charge in [0.25, 0.3) is 0 Å². The van der Waals surface area contributed by atoms with Crippen LogP contribution in [0.2, 0.25) is 0 Å². The number of aliphatic carboxylic acids is 1. The highest BCUT2D eigenvalue weighted by Crippen LogP contribution is 2.43. The predicted octanol–water partition coefficient (Wildman–Crippen LogP) is 4.98. The Morgan fingerprint density at radius 3 is 2.59 bits per heavy atom. The van der Waals surface area contributed by atoms with Gasteiger partial charge in [-0.25, -0.2) is 0 Å². The number of methoxy groups -OCH3 is 1. The van der Waals surface area contributed by atoms with Gasteiger partial charge >= 0.3 is 5.97 Å². The van der Waals surface area contributed by atoms with E-state index in [4.69, 9.17) is 4.74 Å². The Balaban J connectivity index is 2.62. The van der Waals surface area contributed by atoms with E-state index in [-0.39, 0.29) is 5.92 Å². The number of hydrogen-bond donors (Lipinski definition) is 1. The molecule has 0 saturated heterocycles. The lowest BCUT2D eigenvalue weighted by atomic mass is 9.66. The molecule has 0 radical (unpaired) electrons. The fourth-order valence-electron chi connectivity index (χ4n) is 3.34. The molecule has 0 spiro atoms. The fraction of sp³-hybridized carbons (Fsp3) is 0.737. The molecule has 0 saturated carbocycles. The van der Waals surface area contributed by atoms with Crippen molar-refractivity contribution in [3.05, 3.63) is 23.8 Å².